The lowest BCUT2D eigenvalue weighted by Crippen LogP contribution is -2.12. The highest BCUT2D eigenvalue weighted by atomic mass is 19.2. The minimum Gasteiger partial charge on any atom is -0.322 e. The molecule has 0 aliphatic carbocycles. The summed E-state index contributed by atoms with van der Waals surface area (Å²) < 4.78 is 38.1. The number of aromatic nitrogens is 1. The predicted molar refractivity (Wildman–Crippen MR) is 58.5 cm³/mol. The van der Waals surface area contributed by atoms with Gasteiger partial charge < -0.3 is 5.32 Å². The van der Waals surface area contributed by atoms with Gasteiger partial charge in [0, 0.05) is 18.0 Å². The number of hydrogen-bond acceptors (Lipinski definition) is 2. The third-order valence-corrected chi connectivity index (χ3v) is 2.17. The summed E-state index contributed by atoms with van der Waals surface area (Å²) >= 11 is 0. The fourth-order valence-electron chi connectivity index (χ4n) is 1.29. The van der Waals surface area contributed by atoms with Gasteiger partial charge in [-0.15, -0.1) is 0 Å². The molecule has 0 atom stereocenters. The third-order valence-electron chi connectivity index (χ3n) is 2.17. The summed E-state index contributed by atoms with van der Waals surface area (Å²) in [6, 6.07) is 5.23. The van der Waals surface area contributed by atoms with Gasteiger partial charge in [-0.25, -0.2) is 13.8 Å². The van der Waals surface area contributed by atoms with Crippen molar-refractivity contribution in [3.05, 3.63) is 59.7 Å². The normalized spacial score (nSPS) is 10.2. The van der Waals surface area contributed by atoms with Gasteiger partial charge in [-0.05, 0) is 24.3 Å². The third kappa shape index (κ3) is 2.65. The Morgan fingerprint density at radius 2 is 1.83 bits per heavy atom. The van der Waals surface area contributed by atoms with Gasteiger partial charge >= 0.3 is 0 Å². The van der Waals surface area contributed by atoms with E-state index in [4.69, 9.17) is 0 Å². The van der Waals surface area contributed by atoms with Crippen LogP contribution in [0.15, 0.2) is 36.5 Å². The van der Waals surface area contributed by atoms with E-state index in [9.17, 15) is 18.0 Å². The molecule has 0 bridgehead atoms. The second-order valence-electron chi connectivity index (χ2n) is 3.45. The average molecular weight is 252 g/mol. The molecule has 6 heteroatoms. The monoisotopic (exact) mass is 252 g/mol. The lowest BCUT2D eigenvalue weighted by molar-refractivity contribution is 0.102. The van der Waals surface area contributed by atoms with E-state index in [1.165, 1.54) is 12.1 Å². The van der Waals surface area contributed by atoms with Crippen molar-refractivity contribution in [1.82, 2.24) is 4.98 Å². The van der Waals surface area contributed by atoms with Crippen molar-refractivity contribution in [2.24, 2.45) is 0 Å². The Labute approximate surface area is 100 Å². The Bertz CT molecular complexity index is 584. The highest BCUT2D eigenvalue weighted by Gasteiger charge is 2.08. The van der Waals surface area contributed by atoms with E-state index < -0.39 is 23.5 Å². The van der Waals surface area contributed by atoms with Crippen molar-refractivity contribution in [2.75, 3.05) is 5.32 Å². The summed E-state index contributed by atoms with van der Waals surface area (Å²) in [4.78, 5) is 14.9. The highest BCUT2D eigenvalue weighted by molar-refractivity contribution is 6.03. The van der Waals surface area contributed by atoms with Crippen LogP contribution in [0, 0.1) is 17.6 Å². The Morgan fingerprint density at radius 1 is 1.06 bits per heavy atom. The molecule has 1 amide bonds. The SMILES string of the molecule is O=C(Nc1ccc(F)c(F)c1)c1ccc(F)nc1. The Kier molecular flexibility index (Phi) is 3.27. The topological polar surface area (TPSA) is 42.0 Å². The van der Waals surface area contributed by atoms with Gasteiger partial charge in [0.05, 0.1) is 5.56 Å². The Balaban J connectivity index is 2.16. The molecule has 0 aliphatic heterocycles. The minimum absolute atomic E-state index is 0.100. The highest BCUT2D eigenvalue weighted by Crippen LogP contribution is 2.14. The summed E-state index contributed by atoms with van der Waals surface area (Å²) in [5.74, 6) is -3.37. The molecule has 18 heavy (non-hydrogen) atoms. The van der Waals surface area contributed by atoms with Crippen LogP contribution in [0.1, 0.15) is 10.4 Å². The minimum atomic E-state index is -1.06. The van der Waals surface area contributed by atoms with Crippen LogP contribution in [-0.4, -0.2) is 10.9 Å². The van der Waals surface area contributed by atoms with Crippen LogP contribution >= 0.6 is 0 Å². The van der Waals surface area contributed by atoms with E-state index in [1.54, 1.807) is 0 Å². The Morgan fingerprint density at radius 3 is 2.44 bits per heavy atom. The lowest BCUT2D eigenvalue weighted by atomic mass is 10.2. The second kappa shape index (κ2) is 4.87. The van der Waals surface area contributed by atoms with Gasteiger partial charge in [-0.3, -0.25) is 4.79 Å². The van der Waals surface area contributed by atoms with Crippen LogP contribution in [0.4, 0.5) is 18.9 Å². The van der Waals surface area contributed by atoms with Crippen LogP contribution in [0.3, 0.4) is 0 Å². The van der Waals surface area contributed by atoms with Crippen molar-refractivity contribution in [3.63, 3.8) is 0 Å². The summed E-state index contributed by atoms with van der Waals surface area (Å²) in [6.07, 6.45) is 1.05. The number of amides is 1. The standard InChI is InChI=1S/C12H7F3N2O/c13-9-3-2-8(5-10(9)14)17-12(18)7-1-4-11(15)16-6-7/h1-6H,(H,17,18). The van der Waals surface area contributed by atoms with E-state index >= 15 is 0 Å². The van der Waals surface area contributed by atoms with Crippen LogP contribution in [0.25, 0.3) is 0 Å². The fraction of sp³-hybridized carbons (Fsp3) is 0. The van der Waals surface area contributed by atoms with Crippen LogP contribution in [0.5, 0.6) is 0 Å². The summed E-state index contributed by atoms with van der Waals surface area (Å²) in [5.41, 5.74) is 0.212. The maximum atomic E-state index is 12.9. The number of rotatable bonds is 2. The first kappa shape index (κ1) is 12.1. The molecular weight excluding hydrogens is 245 g/mol. The van der Waals surface area contributed by atoms with E-state index in [0.29, 0.717) is 0 Å². The zero-order valence-corrected chi connectivity index (χ0v) is 8.95. The molecule has 0 radical (unpaired) electrons. The number of nitrogens with one attached hydrogen (secondary N) is 1. The van der Waals surface area contributed by atoms with Gasteiger partial charge in [0.2, 0.25) is 5.95 Å². The molecule has 0 unspecified atom stereocenters. The Hall–Kier alpha value is -2.37. The molecule has 3 nitrogen and oxygen atoms in total. The molecule has 1 N–H and O–H groups in total. The van der Waals surface area contributed by atoms with Crippen molar-refractivity contribution in [1.29, 1.82) is 0 Å². The number of hydrogen-bond donors (Lipinski definition) is 1. The van der Waals surface area contributed by atoms with E-state index in [-0.39, 0.29) is 11.3 Å². The number of nitrogens with zero attached hydrogens (tertiary/aromatic N) is 1. The largest absolute Gasteiger partial charge is 0.322 e. The molecule has 0 aliphatic rings. The maximum absolute atomic E-state index is 12.9. The molecule has 2 rings (SSSR count). The van der Waals surface area contributed by atoms with E-state index in [0.717, 1.165) is 24.4 Å². The first-order valence-corrected chi connectivity index (χ1v) is 4.94. The van der Waals surface area contributed by atoms with Gasteiger partial charge in [0.15, 0.2) is 11.6 Å². The molecule has 92 valence electrons. The van der Waals surface area contributed by atoms with Crippen LogP contribution < -0.4 is 5.32 Å². The second-order valence-corrected chi connectivity index (χ2v) is 3.45. The number of benzene rings is 1. The van der Waals surface area contributed by atoms with Gasteiger partial charge in [0.1, 0.15) is 0 Å². The van der Waals surface area contributed by atoms with Crippen molar-refractivity contribution in [3.8, 4) is 0 Å². The first-order valence-electron chi connectivity index (χ1n) is 4.94. The number of anilines is 1. The van der Waals surface area contributed by atoms with E-state index in [1.807, 2.05) is 0 Å². The lowest BCUT2D eigenvalue weighted by Gasteiger charge is -2.05. The zero-order valence-electron chi connectivity index (χ0n) is 8.95. The van der Waals surface area contributed by atoms with Gasteiger partial charge in [-0.1, -0.05) is 0 Å². The van der Waals surface area contributed by atoms with Crippen LogP contribution in [-0.2, 0) is 0 Å². The average Bonchev–Trinajstić information content (AvgIpc) is 2.34. The maximum Gasteiger partial charge on any atom is 0.257 e. The molecule has 0 saturated carbocycles. The van der Waals surface area contributed by atoms with Gasteiger partial charge in [-0.2, -0.15) is 4.39 Å². The fourth-order valence-corrected chi connectivity index (χ4v) is 1.29. The molecule has 2 aromatic rings. The number of carbonyl (C=O) groups excluding carboxylic acids is 1. The molecule has 1 aromatic carbocycles. The smallest absolute Gasteiger partial charge is 0.257 e. The predicted octanol–water partition coefficient (Wildman–Crippen LogP) is 2.75. The number of pyridine rings is 1. The summed E-state index contributed by atoms with van der Waals surface area (Å²) in [6.45, 7) is 0. The molecule has 1 heterocycles. The van der Waals surface area contributed by atoms with Gasteiger partial charge in [0.25, 0.3) is 5.91 Å². The van der Waals surface area contributed by atoms with Crippen molar-refractivity contribution >= 4 is 11.6 Å². The quantitative estimate of drug-likeness (QED) is 0.835. The molecule has 0 fully saturated rings. The van der Waals surface area contributed by atoms with Crippen LogP contribution in [0.2, 0.25) is 0 Å². The van der Waals surface area contributed by atoms with Crippen molar-refractivity contribution < 1.29 is 18.0 Å². The molecular formula is C12H7F3N2O. The number of halogens is 3. The van der Waals surface area contributed by atoms with Crippen molar-refractivity contribution in [2.45, 2.75) is 0 Å². The molecule has 0 spiro atoms. The summed E-state index contributed by atoms with van der Waals surface area (Å²) in [7, 11) is 0. The van der Waals surface area contributed by atoms with E-state index in [2.05, 4.69) is 10.3 Å². The molecule has 1 aromatic heterocycles. The number of carbonyl (C=O) groups is 1. The molecule has 0 saturated heterocycles. The summed E-state index contributed by atoms with van der Waals surface area (Å²) in [5, 5.41) is 2.34. The first-order chi connectivity index (χ1) is 8.56. The zero-order chi connectivity index (χ0) is 13.1.